The number of rotatable bonds is 0. The van der Waals surface area contributed by atoms with Crippen molar-refractivity contribution in [2.75, 3.05) is 13.6 Å². The molecule has 0 bridgehead atoms. The van der Waals surface area contributed by atoms with E-state index in [0.29, 0.717) is 24.2 Å². The van der Waals surface area contributed by atoms with E-state index in [9.17, 15) is 0 Å². The molecule has 3 nitrogen and oxygen atoms in total. The molecule has 0 aromatic carbocycles. The Morgan fingerprint density at radius 1 is 1.50 bits per heavy atom. The third kappa shape index (κ3) is 1.26. The number of nitrogens with two attached hydrogens (primary N) is 1. The summed E-state index contributed by atoms with van der Waals surface area (Å²) in [5.74, 6) is 0.686. The number of hydrogen-bond donors (Lipinski definition) is 2. The lowest BCUT2D eigenvalue weighted by atomic mass is 9.88. The molecule has 3 N–H and O–H groups in total. The van der Waals surface area contributed by atoms with Crippen molar-refractivity contribution in [3.63, 3.8) is 0 Å². The van der Waals surface area contributed by atoms with E-state index in [-0.39, 0.29) is 0 Å². The van der Waals surface area contributed by atoms with Crippen LogP contribution >= 0.6 is 0 Å². The van der Waals surface area contributed by atoms with E-state index in [0.717, 1.165) is 6.42 Å². The molecule has 0 aliphatic carbocycles. The van der Waals surface area contributed by atoms with E-state index in [4.69, 9.17) is 5.73 Å². The summed E-state index contributed by atoms with van der Waals surface area (Å²) < 4.78 is 0. The maximum Gasteiger partial charge on any atom is 0.0641 e. The Balaban J connectivity index is 2.08. The second kappa shape index (κ2) is 2.98. The Bertz CT molecular complexity index is 171. The average molecular weight is 169 g/mol. The summed E-state index contributed by atoms with van der Waals surface area (Å²) in [6.07, 6.45) is 2.94. The van der Waals surface area contributed by atoms with Crippen molar-refractivity contribution in [1.29, 1.82) is 0 Å². The summed E-state index contributed by atoms with van der Waals surface area (Å²) in [6.45, 7) is 3.42. The summed E-state index contributed by atoms with van der Waals surface area (Å²) in [5, 5.41) is 3.60. The largest absolute Gasteiger partial charge is 0.327 e. The molecule has 2 saturated heterocycles. The number of likely N-dealkylation sites (tertiary alicyclic amines) is 1. The molecule has 2 aliphatic rings. The second-order valence-electron chi connectivity index (χ2n) is 4.35. The highest BCUT2D eigenvalue weighted by molar-refractivity contribution is 4.96. The number of piperidine rings is 1. The molecule has 0 aromatic rings. The molecule has 2 heterocycles. The number of hydrogen-bond acceptors (Lipinski definition) is 3. The lowest BCUT2D eigenvalue weighted by molar-refractivity contribution is 0.145. The molecule has 0 aromatic heterocycles. The Kier molecular flexibility index (Phi) is 2.10. The fourth-order valence-corrected chi connectivity index (χ4v) is 2.62. The smallest absolute Gasteiger partial charge is 0.0641 e. The van der Waals surface area contributed by atoms with Crippen molar-refractivity contribution < 1.29 is 0 Å². The molecule has 0 saturated carbocycles. The van der Waals surface area contributed by atoms with Crippen LogP contribution in [0.4, 0.5) is 0 Å². The average Bonchev–Trinajstić information content (AvgIpc) is 2.33. The van der Waals surface area contributed by atoms with Crippen LogP contribution in [-0.2, 0) is 0 Å². The lowest BCUT2D eigenvalue weighted by Crippen LogP contribution is -2.57. The maximum atomic E-state index is 6.11. The minimum Gasteiger partial charge on any atom is -0.327 e. The van der Waals surface area contributed by atoms with Gasteiger partial charge in [-0.1, -0.05) is 0 Å². The van der Waals surface area contributed by atoms with Gasteiger partial charge >= 0.3 is 0 Å². The van der Waals surface area contributed by atoms with Gasteiger partial charge in [0.2, 0.25) is 0 Å². The van der Waals surface area contributed by atoms with E-state index in [1.54, 1.807) is 0 Å². The van der Waals surface area contributed by atoms with Crippen LogP contribution in [0.5, 0.6) is 0 Å². The number of fused-ring (bicyclic) bond motifs is 1. The van der Waals surface area contributed by atoms with Crippen LogP contribution < -0.4 is 11.1 Å². The highest BCUT2D eigenvalue weighted by atomic mass is 15.3. The van der Waals surface area contributed by atoms with Crippen LogP contribution in [0.2, 0.25) is 0 Å². The van der Waals surface area contributed by atoms with Gasteiger partial charge in [-0.3, -0.25) is 10.2 Å². The lowest BCUT2D eigenvalue weighted by Gasteiger charge is -2.38. The summed E-state index contributed by atoms with van der Waals surface area (Å²) in [7, 11) is 2.18. The molecule has 3 heteroatoms. The van der Waals surface area contributed by atoms with Gasteiger partial charge in [0.25, 0.3) is 0 Å². The van der Waals surface area contributed by atoms with Gasteiger partial charge in [0, 0.05) is 18.0 Å². The highest BCUT2D eigenvalue weighted by Gasteiger charge is 2.39. The monoisotopic (exact) mass is 169 g/mol. The number of nitrogens with one attached hydrogen (secondary N) is 1. The molecule has 70 valence electrons. The summed E-state index contributed by atoms with van der Waals surface area (Å²) in [5.41, 5.74) is 6.11. The standard InChI is InChI=1S/C9H19N3/c1-6-5-8(10)7-3-4-12(2)9(7)11-6/h6-9,11H,3-5,10H2,1-2H3. The molecular formula is C9H19N3. The minimum atomic E-state index is 0.413. The van der Waals surface area contributed by atoms with E-state index < -0.39 is 0 Å². The zero-order valence-electron chi connectivity index (χ0n) is 7.96. The van der Waals surface area contributed by atoms with Gasteiger partial charge in [-0.05, 0) is 33.4 Å². The molecule has 4 atom stereocenters. The molecule has 0 amide bonds. The molecule has 12 heavy (non-hydrogen) atoms. The fraction of sp³-hybridized carbons (Fsp3) is 1.00. The van der Waals surface area contributed by atoms with Crippen molar-refractivity contribution in [2.45, 2.75) is 38.0 Å². The van der Waals surface area contributed by atoms with Crippen LogP contribution in [0, 0.1) is 5.92 Å². The summed E-state index contributed by atoms with van der Waals surface area (Å²) >= 11 is 0. The first-order valence-electron chi connectivity index (χ1n) is 4.90. The number of nitrogens with zero attached hydrogens (tertiary/aromatic N) is 1. The Morgan fingerprint density at radius 3 is 3.00 bits per heavy atom. The van der Waals surface area contributed by atoms with Gasteiger partial charge in [0.05, 0.1) is 6.17 Å². The molecule has 0 radical (unpaired) electrons. The SMILES string of the molecule is CC1CC(N)C2CCN(C)C2N1. The van der Waals surface area contributed by atoms with Gasteiger partial charge in [-0.2, -0.15) is 0 Å². The van der Waals surface area contributed by atoms with Gasteiger partial charge in [0.15, 0.2) is 0 Å². The maximum absolute atomic E-state index is 6.11. The molecule has 2 rings (SSSR count). The van der Waals surface area contributed by atoms with Crippen molar-refractivity contribution in [3.05, 3.63) is 0 Å². The quantitative estimate of drug-likeness (QED) is 0.535. The fourth-order valence-electron chi connectivity index (χ4n) is 2.62. The van der Waals surface area contributed by atoms with Crippen molar-refractivity contribution in [2.24, 2.45) is 11.7 Å². The van der Waals surface area contributed by atoms with Gasteiger partial charge in [-0.25, -0.2) is 0 Å². The topological polar surface area (TPSA) is 41.3 Å². The van der Waals surface area contributed by atoms with Gasteiger partial charge in [0.1, 0.15) is 0 Å². The first-order valence-corrected chi connectivity index (χ1v) is 4.90. The predicted octanol–water partition coefficient (Wildman–Crippen LogP) is -0.0267. The zero-order chi connectivity index (χ0) is 8.72. The van der Waals surface area contributed by atoms with Crippen LogP contribution in [0.25, 0.3) is 0 Å². The van der Waals surface area contributed by atoms with Gasteiger partial charge < -0.3 is 5.73 Å². The summed E-state index contributed by atoms with van der Waals surface area (Å²) in [4.78, 5) is 2.39. The molecular weight excluding hydrogens is 150 g/mol. The Hall–Kier alpha value is -0.120. The van der Waals surface area contributed by atoms with E-state index in [1.807, 2.05) is 0 Å². The van der Waals surface area contributed by atoms with E-state index in [2.05, 4.69) is 24.2 Å². The first kappa shape index (κ1) is 8.48. The first-order chi connectivity index (χ1) is 5.68. The third-order valence-corrected chi connectivity index (χ3v) is 3.33. The normalized spacial score (nSPS) is 49.2. The Labute approximate surface area is 74.3 Å². The molecule has 2 aliphatic heterocycles. The second-order valence-corrected chi connectivity index (χ2v) is 4.35. The molecule has 2 fully saturated rings. The van der Waals surface area contributed by atoms with E-state index >= 15 is 0 Å². The van der Waals surface area contributed by atoms with Crippen molar-refractivity contribution in [3.8, 4) is 0 Å². The van der Waals surface area contributed by atoms with E-state index in [1.165, 1.54) is 13.0 Å². The zero-order valence-corrected chi connectivity index (χ0v) is 7.96. The minimum absolute atomic E-state index is 0.413. The van der Waals surface area contributed by atoms with Gasteiger partial charge in [-0.15, -0.1) is 0 Å². The van der Waals surface area contributed by atoms with Crippen LogP contribution in [0.1, 0.15) is 19.8 Å². The third-order valence-electron chi connectivity index (χ3n) is 3.33. The highest BCUT2D eigenvalue weighted by Crippen LogP contribution is 2.29. The Morgan fingerprint density at radius 2 is 2.25 bits per heavy atom. The van der Waals surface area contributed by atoms with Crippen molar-refractivity contribution >= 4 is 0 Å². The predicted molar refractivity (Wildman–Crippen MR) is 49.7 cm³/mol. The van der Waals surface area contributed by atoms with Crippen LogP contribution in [0.3, 0.4) is 0 Å². The van der Waals surface area contributed by atoms with Crippen molar-refractivity contribution in [1.82, 2.24) is 10.2 Å². The molecule has 4 unspecified atom stereocenters. The molecule has 0 spiro atoms. The van der Waals surface area contributed by atoms with Crippen LogP contribution in [-0.4, -0.2) is 36.7 Å². The van der Waals surface area contributed by atoms with Crippen LogP contribution in [0.15, 0.2) is 0 Å². The summed E-state index contributed by atoms with van der Waals surface area (Å²) in [6, 6.07) is 0.998.